The molecule has 0 spiro atoms. The van der Waals surface area contributed by atoms with Gasteiger partial charge in [0.15, 0.2) is 0 Å². The molecule has 0 saturated carbocycles. The van der Waals surface area contributed by atoms with Gasteiger partial charge in [-0.25, -0.2) is 0 Å². The maximum atomic E-state index is 3.73. The molecule has 2 atom stereocenters. The minimum Gasteiger partial charge on any atom is -0.384 e. The molecule has 0 amide bonds. The highest BCUT2D eigenvalue weighted by Gasteiger charge is 2.25. The van der Waals surface area contributed by atoms with E-state index in [1.165, 1.54) is 5.70 Å². The van der Waals surface area contributed by atoms with Gasteiger partial charge in [0, 0.05) is 12.4 Å². The van der Waals surface area contributed by atoms with Gasteiger partial charge in [-0.05, 0) is 25.3 Å². The second-order valence-corrected chi connectivity index (χ2v) is 4.04. The third-order valence-corrected chi connectivity index (χ3v) is 2.24. The molecule has 1 aliphatic rings. The lowest BCUT2D eigenvalue weighted by molar-refractivity contribution is 0.405. The molecule has 2 N–H and O–H groups in total. The van der Waals surface area contributed by atoms with E-state index in [0.717, 1.165) is 6.42 Å². The van der Waals surface area contributed by atoms with Gasteiger partial charge >= 0.3 is 0 Å². The molecule has 1 heterocycles. The fraction of sp³-hybridized carbons (Fsp3) is 0.700. The SMILES string of the molecule is C=NNC1C=C(C)NC1CC(C)C. The highest BCUT2D eigenvalue weighted by molar-refractivity contribution is 5.23. The van der Waals surface area contributed by atoms with E-state index in [0.29, 0.717) is 18.0 Å². The number of hydrogen-bond acceptors (Lipinski definition) is 3. The zero-order valence-electron chi connectivity index (χ0n) is 8.67. The minimum absolute atomic E-state index is 0.305. The Labute approximate surface area is 80.3 Å². The molecule has 2 unspecified atom stereocenters. The number of allylic oxidation sites excluding steroid dienone is 1. The number of nitrogens with one attached hydrogen (secondary N) is 2. The van der Waals surface area contributed by atoms with E-state index in [9.17, 15) is 0 Å². The Morgan fingerprint density at radius 2 is 2.38 bits per heavy atom. The first-order valence-corrected chi connectivity index (χ1v) is 4.79. The van der Waals surface area contributed by atoms with Crippen LogP contribution in [0, 0.1) is 5.92 Å². The maximum Gasteiger partial charge on any atom is 0.0840 e. The number of nitrogens with zero attached hydrogens (tertiary/aromatic N) is 1. The lowest BCUT2D eigenvalue weighted by atomic mass is 10.00. The summed E-state index contributed by atoms with van der Waals surface area (Å²) in [6, 6.07) is 0.769. The zero-order valence-corrected chi connectivity index (χ0v) is 8.67. The van der Waals surface area contributed by atoms with Crippen molar-refractivity contribution in [3.63, 3.8) is 0 Å². The molecule has 0 aromatic heterocycles. The summed E-state index contributed by atoms with van der Waals surface area (Å²) in [5.74, 6) is 0.700. The summed E-state index contributed by atoms with van der Waals surface area (Å²) in [7, 11) is 0. The van der Waals surface area contributed by atoms with E-state index in [2.05, 4.69) is 49.4 Å². The molecular formula is C10H19N3. The predicted molar refractivity (Wildman–Crippen MR) is 56.6 cm³/mol. The van der Waals surface area contributed by atoms with Gasteiger partial charge < -0.3 is 10.7 Å². The van der Waals surface area contributed by atoms with Crippen LogP contribution in [0.2, 0.25) is 0 Å². The average Bonchev–Trinajstić information content (AvgIpc) is 2.31. The summed E-state index contributed by atoms with van der Waals surface area (Å²) in [6.45, 7) is 9.99. The molecule has 0 bridgehead atoms. The lowest BCUT2D eigenvalue weighted by Gasteiger charge is -2.21. The topological polar surface area (TPSA) is 36.4 Å². The Kier molecular flexibility index (Phi) is 3.34. The molecule has 3 nitrogen and oxygen atoms in total. The van der Waals surface area contributed by atoms with Crippen molar-refractivity contribution in [2.45, 2.75) is 39.3 Å². The first-order valence-electron chi connectivity index (χ1n) is 4.79. The summed E-state index contributed by atoms with van der Waals surface area (Å²) in [5, 5.41) is 7.16. The lowest BCUT2D eigenvalue weighted by Crippen LogP contribution is -2.39. The van der Waals surface area contributed by atoms with Crippen LogP contribution < -0.4 is 10.7 Å². The molecule has 3 heteroatoms. The molecule has 0 aromatic rings. The minimum atomic E-state index is 0.305. The van der Waals surface area contributed by atoms with Crippen LogP contribution in [0.25, 0.3) is 0 Å². The van der Waals surface area contributed by atoms with Crippen LogP contribution in [-0.2, 0) is 0 Å². The fourth-order valence-electron chi connectivity index (χ4n) is 1.76. The van der Waals surface area contributed by atoms with E-state index < -0.39 is 0 Å². The number of rotatable bonds is 4. The highest BCUT2D eigenvalue weighted by atomic mass is 15.3. The highest BCUT2D eigenvalue weighted by Crippen LogP contribution is 2.16. The Bertz CT molecular complexity index is 208. The third-order valence-electron chi connectivity index (χ3n) is 2.24. The standard InChI is InChI=1S/C10H19N3/c1-7(2)5-9-10(13-11-4)6-8(3)12-9/h6-7,9-10,12-13H,4-5H2,1-3H3. The molecular weight excluding hydrogens is 162 g/mol. The van der Waals surface area contributed by atoms with E-state index in [4.69, 9.17) is 0 Å². The monoisotopic (exact) mass is 181 g/mol. The van der Waals surface area contributed by atoms with Crippen molar-refractivity contribution < 1.29 is 0 Å². The van der Waals surface area contributed by atoms with Crippen LogP contribution in [0.1, 0.15) is 27.2 Å². The molecule has 0 saturated heterocycles. The van der Waals surface area contributed by atoms with Crippen LogP contribution >= 0.6 is 0 Å². The molecule has 0 aliphatic carbocycles. The van der Waals surface area contributed by atoms with Gasteiger partial charge in [0.2, 0.25) is 0 Å². The molecule has 0 fully saturated rings. The average molecular weight is 181 g/mol. The largest absolute Gasteiger partial charge is 0.384 e. The third kappa shape index (κ3) is 2.76. The number of hydrogen-bond donors (Lipinski definition) is 2. The van der Waals surface area contributed by atoms with E-state index in [1.54, 1.807) is 0 Å². The van der Waals surface area contributed by atoms with Crippen molar-refractivity contribution >= 4 is 6.72 Å². The van der Waals surface area contributed by atoms with Gasteiger partial charge in [-0.2, -0.15) is 5.10 Å². The Morgan fingerprint density at radius 1 is 1.69 bits per heavy atom. The molecule has 1 rings (SSSR count). The van der Waals surface area contributed by atoms with Crippen LogP contribution in [0.15, 0.2) is 16.9 Å². The Hall–Kier alpha value is -0.990. The van der Waals surface area contributed by atoms with Gasteiger partial charge in [-0.1, -0.05) is 13.8 Å². The van der Waals surface area contributed by atoms with Crippen molar-refractivity contribution in [3.05, 3.63) is 11.8 Å². The predicted octanol–water partition coefficient (Wildman–Crippen LogP) is 1.48. The summed E-state index contributed by atoms with van der Waals surface area (Å²) in [4.78, 5) is 0. The van der Waals surface area contributed by atoms with Gasteiger partial charge in [-0.15, -0.1) is 0 Å². The van der Waals surface area contributed by atoms with Gasteiger partial charge in [-0.3, -0.25) is 0 Å². The number of hydrazone groups is 1. The molecule has 13 heavy (non-hydrogen) atoms. The van der Waals surface area contributed by atoms with E-state index in [-0.39, 0.29) is 0 Å². The normalized spacial score (nSPS) is 26.9. The zero-order chi connectivity index (χ0) is 9.84. The fourth-order valence-corrected chi connectivity index (χ4v) is 1.76. The summed E-state index contributed by atoms with van der Waals surface area (Å²) in [6.07, 6.45) is 3.32. The summed E-state index contributed by atoms with van der Waals surface area (Å²) in [5.41, 5.74) is 4.23. The smallest absolute Gasteiger partial charge is 0.0840 e. The summed E-state index contributed by atoms with van der Waals surface area (Å²) < 4.78 is 0. The van der Waals surface area contributed by atoms with Crippen molar-refractivity contribution in [1.82, 2.24) is 10.7 Å². The van der Waals surface area contributed by atoms with Crippen LogP contribution in [0.4, 0.5) is 0 Å². The van der Waals surface area contributed by atoms with Crippen molar-refractivity contribution in [1.29, 1.82) is 0 Å². The second kappa shape index (κ2) is 4.30. The molecule has 1 aliphatic heterocycles. The Balaban J connectivity index is 2.51. The Morgan fingerprint density at radius 3 is 2.92 bits per heavy atom. The second-order valence-electron chi connectivity index (χ2n) is 4.04. The van der Waals surface area contributed by atoms with Crippen molar-refractivity contribution in [2.24, 2.45) is 11.0 Å². The van der Waals surface area contributed by atoms with Gasteiger partial charge in [0.1, 0.15) is 0 Å². The van der Waals surface area contributed by atoms with Gasteiger partial charge in [0.05, 0.1) is 12.1 Å². The molecule has 74 valence electrons. The quantitative estimate of drug-likeness (QED) is 0.509. The maximum absolute atomic E-state index is 3.73. The van der Waals surface area contributed by atoms with Crippen LogP contribution in [0.3, 0.4) is 0 Å². The molecule has 0 aromatic carbocycles. The first kappa shape index (κ1) is 10.1. The van der Waals surface area contributed by atoms with Crippen LogP contribution in [0.5, 0.6) is 0 Å². The van der Waals surface area contributed by atoms with E-state index in [1.807, 2.05) is 0 Å². The van der Waals surface area contributed by atoms with Crippen LogP contribution in [-0.4, -0.2) is 18.8 Å². The first-order chi connectivity index (χ1) is 6.13. The van der Waals surface area contributed by atoms with E-state index >= 15 is 0 Å². The molecule has 0 radical (unpaired) electrons. The van der Waals surface area contributed by atoms with Crippen molar-refractivity contribution in [3.8, 4) is 0 Å². The summed E-state index contributed by atoms with van der Waals surface area (Å²) >= 11 is 0. The van der Waals surface area contributed by atoms with Gasteiger partial charge in [0.25, 0.3) is 0 Å². The van der Waals surface area contributed by atoms with Crippen molar-refractivity contribution in [2.75, 3.05) is 0 Å².